The number of carbonyl (C=O) groups is 2. The third kappa shape index (κ3) is 5.22. The Morgan fingerprint density at radius 2 is 1.79 bits per heavy atom. The van der Waals surface area contributed by atoms with Gasteiger partial charge in [-0.05, 0) is 36.4 Å². The lowest BCUT2D eigenvalue weighted by atomic mass is 10.2. The predicted molar refractivity (Wildman–Crippen MR) is 109 cm³/mol. The van der Waals surface area contributed by atoms with Gasteiger partial charge in [-0.3, -0.25) is 20.1 Å². The zero-order valence-corrected chi connectivity index (χ0v) is 17.0. The Morgan fingerprint density at radius 3 is 2.34 bits per heavy atom. The second-order valence-electron chi connectivity index (χ2n) is 6.50. The van der Waals surface area contributed by atoms with Gasteiger partial charge in [0.15, 0.2) is 9.84 Å². The number of carbonyl (C=O) groups excluding carboxylic acids is 2. The lowest BCUT2D eigenvalue weighted by Gasteiger charge is -2.33. The summed E-state index contributed by atoms with van der Waals surface area (Å²) in [6, 6.07) is 9.60. The van der Waals surface area contributed by atoms with Crippen molar-refractivity contribution < 1.29 is 18.0 Å². The van der Waals surface area contributed by atoms with E-state index in [1.807, 2.05) is 5.43 Å². The molecule has 2 heterocycles. The fourth-order valence-corrected chi connectivity index (χ4v) is 4.19. The number of nitrogens with two attached hydrogens (primary N) is 1. The van der Waals surface area contributed by atoms with Crippen molar-refractivity contribution in [3.63, 3.8) is 0 Å². The zero-order valence-electron chi connectivity index (χ0n) is 15.4. The van der Waals surface area contributed by atoms with Gasteiger partial charge in [0.2, 0.25) is 0 Å². The lowest BCUT2D eigenvalue weighted by molar-refractivity contribution is 0.0953. The van der Waals surface area contributed by atoms with Gasteiger partial charge in [-0.2, -0.15) is 0 Å². The first-order valence-corrected chi connectivity index (χ1v) is 11.0. The smallest absolute Gasteiger partial charge is 0.322 e. The summed E-state index contributed by atoms with van der Waals surface area (Å²) in [6.07, 6.45) is 1.37. The Hall–Kier alpha value is -2.69. The molecule has 2 aromatic rings. The number of hydrogen-bond acceptors (Lipinski definition) is 6. The molecule has 1 aliphatic heterocycles. The number of benzene rings is 1. The van der Waals surface area contributed by atoms with Gasteiger partial charge in [0.05, 0.1) is 29.3 Å². The zero-order chi connectivity index (χ0) is 21.0. The summed E-state index contributed by atoms with van der Waals surface area (Å²) < 4.78 is 23.4. The monoisotopic (exact) mass is 437 g/mol. The number of hydrazine groups is 1. The molecular formula is C18H20ClN5O4S. The highest BCUT2D eigenvalue weighted by Crippen LogP contribution is 2.22. The van der Waals surface area contributed by atoms with Gasteiger partial charge in [0, 0.05) is 30.0 Å². The molecule has 0 atom stereocenters. The first-order chi connectivity index (χ1) is 13.8. The standard InChI is InChI=1S/C18H20ClN5O4S/c19-14-2-5-16(6-3-14)24(18(26)23-7-9-29(27,28)10-8-23)12-15-4-1-13(11-21-15)17(25)22-20/h1-6,11H,7-10,12,20H2,(H,22,25). The van der Waals surface area contributed by atoms with Crippen molar-refractivity contribution in [1.29, 1.82) is 0 Å². The highest BCUT2D eigenvalue weighted by molar-refractivity contribution is 7.91. The molecule has 0 saturated carbocycles. The SMILES string of the molecule is NNC(=O)c1ccc(CN(C(=O)N2CCS(=O)(=O)CC2)c2ccc(Cl)cc2)nc1. The molecule has 154 valence electrons. The number of aromatic nitrogens is 1. The number of anilines is 1. The van der Waals surface area contributed by atoms with E-state index in [-0.39, 0.29) is 37.2 Å². The summed E-state index contributed by atoms with van der Waals surface area (Å²) in [5.41, 5.74) is 3.47. The Bertz CT molecular complexity index is 982. The predicted octanol–water partition coefficient (Wildman–Crippen LogP) is 1.20. The summed E-state index contributed by atoms with van der Waals surface area (Å²) in [7, 11) is -3.11. The molecule has 29 heavy (non-hydrogen) atoms. The molecule has 1 aromatic carbocycles. The van der Waals surface area contributed by atoms with E-state index in [2.05, 4.69) is 4.98 Å². The van der Waals surface area contributed by atoms with Crippen LogP contribution in [-0.4, -0.2) is 54.8 Å². The quantitative estimate of drug-likeness (QED) is 0.420. The number of sulfone groups is 1. The number of halogens is 1. The van der Waals surface area contributed by atoms with Crippen LogP contribution in [-0.2, 0) is 16.4 Å². The molecule has 9 nitrogen and oxygen atoms in total. The third-order valence-corrected chi connectivity index (χ3v) is 6.38. The highest BCUT2D eigenvalue weighted by Gasteiger charge is 2.29. The van der Waals surface area contributed by atoms with Crippen molar-refractivity contribution in [2.24, 2.45) is 5.84 Å². The van der Waals surface area contributed by atoms with Crippen LogP contribution in [0.1, 0.15) is 16.1 Å². The number of nitrogen functional groups attached to an aromatic ring is 1. The molecule has 0 unspecified atom stereocenters. The Morgan fingerprint density at radius 1 is 1.14 bits per heavy atom. The van der Waals surface area contributed by atoms with Gasteiger partial charge in [-0.25, -0.2) is 19.1 Å². The molecule has 0 radical (unpaired) electrons. The number of nitrogens with zero attached hydrogens (tertiary/aromatic N) is 3. The fourth-order valence-electron chi connectivity index (χ4n) is 2.86. The molecule has 1 aromatic heterocycles. The minimum absolute atomic E-state index is 0.0612. The number of urea groups is 1. The van der Waals surface area contributed by atoms with E-state index in [0.29, 0.717) is 22.0 Å². The maximum Gasteiger partial charge on any atom is 0.324 e. The number of hydrogen-bond donors (Lipinski definition) is 2. The van der Waals surface area contributed by atoms with Crippen LogP contribution in [0.4, 0.5) is 10.5 Å². The molecule has 1 aliphatic rings. The van der Waals surface area contributed by atoms with Crippen LogP contribution < -0.4 is 16.2 Å². The highest BCUT2D eigenvalue weighted by atomic mass is 35.5. The molecule has 0 spiro atoms. The Kier molecular flexibility index (Phi) is 6.36. The van der Waals surface area contributed by atoms with Crippen LogP contribution in [0.2, 0.25) is 5.02 Å². The van der Waals surface area contributed by atoms with Gasteiger partial charge in [-0.1, -0.05) is 11.6 Å². The van der Waals surface area contributed by atoms with E-state index in [1.165, 1.54) is 16.0 Å². The number of nitrogens with one attached hydrogen (secondary N) is 1. The minimum Gasteiger partial charge on any atom is -0.322 e. The molecule has 1 saturated heterocycles. The lowest BCUT2D eigenvalue weighted by Crippen LogP contribution is -2.49. The first-order valence-electron chi connectivity index (χ1n) is 8.77. The number of pyridine rings is 1. The summed E-state index contributed by atoms with van der Waals surface area (Å²) in [5, 5.41) is 0.528. The number of amides is 3. The van der Waals surface area contributed by atoms with Crippen molar-refractivity contribution in [3.8, 4) is 0 Å². The maximum atomic E-state index is 13.1. The van der Waals surface area contributed by atoms with Crippen molar-refractivity contribution in [2.45, 2.75) is 6.54 Å². The van der Waals surface area contributed by atoms with Crippen LogP contribution in [0, 0.1) is 0 Å². The van der Waals surface area contributed by atoms with Crippen molar-refractivity contribution in [3.05, 3.63) is 58.9 Å². The normalized spacial score (nSPS) is 15.6. The average molecular weight is 438 g/mol. The molecule has 3 rings (SSSR count). The Labute approximate surface area is 173 Å². The van der Waals surface area contributed by atoms with Crippen molar-refractivity contribution in [2.75, 3.05) is 29.5 Å². The van der Waals surface area contributed by atoms with Crippen LogP contribution >= 0.6 is 11.6 Å². The molecule has 0 bridgehead atoms. The first kappa shape index (κ1) is 21.0. The largest absolute Gasteiger partial charge is 0.324 e. The van der Waals surface area contributed by atoms with Gasteiger partial charge in [-0.15, -0.1) is 0 Å². The van der Waals surface area contributed by atoms with Crippen molar-refractivity contribution in [1.82, 2.24) is 15.3 Å². The average Bonchev–Trinajstić information content (AvgIpc) is 2.72. The second kappa shape index (κ2) is 8.76. The minimum atomic E-state index is -3.11. The van der Waals surface area contributed by atoms with Gasteiger partial charge in [0.1, 0.15) is 0 Å². The Balaban J connectivity index is 1.84. The maximum absolute atomic E-state index is 13.1. The van der Waals surface area contributed by atoms with E-state index < -0.39 is 15.7 Å². The van der Waals surface area contributed by atoms with Crippen molar-refractivity contribution >= 4 is 39.1 Å². The van der Waals surface area contributed by atoms with E-state index in [1.54, 1.807) is 36.4 Å². The topological polar surface area (TPSA) is 126 Å². The molecular weight excluding hydrogens is 418 g/mol. The summed E-state index contributed by atoms with van der Waals surface area (Å²) >= 11 is 5.96. The summed E-state index contributed by atoms with van der Waals surface area (Å²) in [4.78, 5) is 31.9. The number of rotatable bonds is 4. The van der Waals surface area contributed by atoms with Crippen LogP contribution in [0.5, 0.6) is 0 Å². The van der Waals surface area contributed by atoms with Gasteiger partial charge < -0.3 is 4.90 Å². The fraction of sp³-hybridized carbons (Fsp3) is 0.278. The van der Waals surface area contributed by atoms with E-state index in [9.17, 15) is 18.0 Å². The summed E-state index contributed by atoms with van der Waals surface area (Å²) in [5.74, 6) is 4.52. The van der Waals surface area contributed by atoms with Crippen LogP contribution in [0.25, 0.3) is 0 Å². The van der Waals surface area contributed by atoms with Gasteiger partial charge >= 0.3 is 6.03 Å². The second-order valence-corrected chi connectivity index (χ2v) is 9.24. The summed E-state index contributed by atoms with van der Waals surface area (Å²) in [6.45, 7) is 0.400. The van der Waals surface area contributed by atoms with E-state index in [0.717, 1.165) is 0 Å². The molecule has 3 amide bonds. The van der Waals surface area contributed by atoms with Gasteiger partial charge in [0.25, 0.3) is 5.91 Å². The molecule has 0 aliphatic carbocycles. The molecule has 11 heteroatoms. The van der Waals surface area contributed by atoms with E-state index in [4.69, 9.17) is 17.4 Å². The van der Waals surface area contributed by atoms with E-state index >= 15 is 0 Å². The van der Waals surface area contributed by atoms with Crippen LogP contribution in [0.15, 0.2) is 42.6 Å². The molecule has 3 N–H and O–H groups in total. The third-order valence-electron chi connectivity index (χ3n) is 4.52. The van der Waals surface area contributed by atoms with Crippen LogP contribution in [0.3, 0.4) is 0 Å². The molecule has 1 fully saturated rings.